The maximum absolute atomic E-state index is 13.0. The van der Waals surface area contributed by atoms with Crippen LogP contribution in [0, 0.1) is 5.92 Å². The van der Waals surface area contributed by atoms with Crippen LogP contribution in [0.4, 0.5) is 28.8 Å². The molecule has 0 aliphatic carbocycles. The van der Waals surface area contributed by atoms with Crippen LogP contribution in [0.2, 0.25) is 5.02 Å². The Morgan fingerprint density at radius 3 is 2.47 bits per heavy atom. The number of benzene rings is 2. The molecule has 1 aromatic heterocycles. The van der Waals surface area contributed by atoms with Crippen LogP contribution in [0.25, 0.3) is 0 Å². The Balaban J connectivity index is 1.32. The average molecular weight is 628 g/mol. The van der Waals surface area contributed by atoms with E-state index in [4.69, 9.17) is 16.3 Å². The number of sulfonamides is 1. The van der Waals surface area contributed by atoms with Gasteiger partial charge >= 0.3 is 0 Å². The second kappa shape index (κ2) is 14.1. The van der Waals surface area contributed by atoms with Gasteiger partial charge in [-0.25, -0.2) is 18.1 Å². The van der Waals surface area contributed by atoms with Gasteiger partial charge in [-0.3, -0.25) is 0 Å². The summed E-state index contributed by atoms with van der Waals surface area (Å²) in [6, 6.07) is 13.4. The third kappa shape index (κ3) is 7.89. The number of piperidine rings is 2. The molecule has 0 bridgehead atoms. The largest absolute Gasteiger partial charge is 0.495 e. The Kier molecular flexibility index (Phi) is 10.3. The quantitative estimate of drug-likeness (QED) is 0.235. The monoisotopic (exact) mass is 627 g/mol. The van der Waals surface area contributed by atoms with E-state index in [1.54, 1.807) is 31.4 Å². The highest BCUT2D eigenvalue weighted by atomic mass is 35.5. The van der Waals surface area contributed by atoms with E-state index in [1.807, 2.05) is 19.9 Å². The zero-order valence-corrected chi connectivity index (χ0v) is 26.7. The van der Waals surface area contributed by atoms with Crippen molar-refractivity contribution in [3.05, 3.63) is 53.7 Å². The van der Waals surface area contributed by atoms with Gasteiger partial charge in [0.25, 0.3) is 0 Å². The van der Waals surface area contributed by atoms with E-state index in [1.165, 1.54) is 38.5 Å². The zero-order chi connectivity index (χ0) is 30.4. The molecule has 43 heavy (non-hydrogen) atoms. The van der Waals surface area contributed by atoms with Gasteiger partial charge in [0.2, 0.25) is 16.0 Å². The molecule has 3 heterocycles. The first-order valence-corrected chi connectivity index (χ1v) is 16.9. The standard InChI is InChI=1S/C31H42ClN7O3S/c1-22(2)20-34-43(40,41)29-10-6-5-9-26(29)35-30-25(32)21-33-31(37-30)36-27-19-24(11-12-28(27)42-3)39-17-13-23(14-18-39)38-15-7-4-8-16-38/h5-6,9-12,19,21-23,34H,4,7-8,13-18,20H2,1-3H3,(H2,33,35,36,37). The summed E-state index contributed by atoms with van der Waals surface area (Å²) in [5, 5.41) is 6.64. The SMILES string of the molecule is COc1ccc(N2CCC(N3CCCCC3)CC2)cc1Nc1ncc(Cl)c(Nc2ccccc2S(=O)(=O)NCC(C)C)n1. The second-order valence-corrected chi connectivity index (χ2v) is 13.7. The number of halogens is 1. The molecule has 0 saturated carbocycles. The number of hydrogen-bond acceptors (Lipinski definition) is 9. The molecule has 2 aliphatic heterocycles. The number of para-hydroxylation sites is 1. The maximum atomic E-state index is 13.0. The first-order valence-electron chi connectivity index (χ1n) is 15.1. The summed E-state index contributed by atoms with van der Waals surface area (Å²) >= 11 is 6.46. The highest BCUT2D eigenvalue weighted by Gasteiger charge is 2.26. The van der Waals surface area contributed by atoms with Gasteiger partial charge in [0.15, 0.2) is 5.82 Å². The Bertz CT molecular complexity index is 1490. The minimum Gasteiger partial charge on any atom is -0.495 e. The van der Waals surface area contributed by atoms with Gasteiger partial charge in [-0.15, -0.1) is 0 Å². The molecular formula is C31H42ClN7O3S. The van der Waals surface area contributed by atoms with Crippen LogP contribution < -0.4 is 25.0 Å². The minimum absolute atomic E-state index is 0.110. The lowest BCUT2D eigenvalue weighted by Gasteiger charge is -2.41. The fourth-order valence-electron chi connectivity index (χ4n) is 5.68. The van der Waals surface area contributed by atoms with Crippen LogP contribution in [0.1, 0.15) is 46.0 Å². The fourth-order valence-corrected chi connectivity index (χ4v) is 7.20. The molecule has 5 rings (SSSR count). The van der Waals surface area contributed by atoms with Crippen molar-refractivity contribution in [2.24, 2.45) is 5.92 Å². The van der Waals surface area contributed by atoms with Crippen LogP contribution >= 0.6 is 11.6 Å². The third-order valence-corrected chi connectivity index (χ3v) is 9.78. The first-order chi connectivity index (χ1) is 20.7. The van der Waals surface area contributed by atoms with Gasteiger partial charge in [0, 0.05) is 31.4 Å². The Morgan fingerprint density at radius 2 is 1.74 bits per heavy atom. The molecule has 2 aromatic carbocycles. The van der Waals surface area contributed by atoms with E-state index < -0.39 is 10.0 Å². The molecule has 232 valence electrons. The number of methoxy groups -OCH3 is 1. The van der Waals surface area contributed by atoms with E-state index in [9.17, 15) is 8.42 Å². The lowest BCUT2D eigenvalue weighted by molar-refractivity contribution is 0.141. The van der Waals surface area contributed by atoms with Gasteiger partial charge in [0.1, 0.15) is 15.7 Å². The van der Waals surface area contributed by atoms with Gasteiger partial charge in [0.05, 0.1) is 24.7 Å². The first kappa shape index (κ1) is 31.3. The zero-order valence-electron chi connectivity index (χ0n) is 25.1. The molecule has 10 nitrogen and oxygen atoms in total. The van der Waals surface area contributed by atoms with Crippen LogP contribution in [-0.2, 0) is 10.0 Å². The van der Waals surface area contributed by atoms with Crippen LogP contribution in [0.3, 0.4) is 0 Å². The number of nitrogens with zero attached hydrogens (tertiary/aromatic N) is 4. The molecule has 3 aromatic rings. The predicted molar refractivity (Wildman–Crippen MR) is 174 cm³/mol. The fraction of sp³-hybridized carbons (Fsp3) is 0.484. The van der Waals surface area contributed by atoms with Crippen LogP contribution in [-0.4, -0.2) is 69.2 Å². The predicted octanol–water partition coefficient (Wildman–Crippen LogP) is 6.01. The molecular weight excluding hydrogens is 586 g/mol. The van der Waals surface area contributed by atoms with E-state index >= 15 is 0 Å². The van der Waals surface area contributed by atoms with Crippen molar-refractivity contribution in [2.45, 2.75) is 56.9 Å². The smallest absolute Gasteiger partial charge is 0.242 e. The molecule has 2 saturated heterocycles. The Morgan fingerprint density at radius 1 is 1.00 bits per heavy atom. The number of likely N-dealkylation sites (tertiary alicyclic amines) is 1. The third-order valence-electron chi connectivity index (χ3n) is 8.02. The average Bonchev–Trinajstić information content (AvgIpc) is 3.02. The van der Waals surface area contributed by atoms with E-state index in [2.05, 4.69) is 47.3 Å². The number of anilines is 5. The maximum Gasteiger partial charge on any atom is 0.242 e. The Labute approximate surface area is 260 Å². The molecule has 3 N–H and O–H groups in total. The summed E-state index contributed by atoms with van der Waals surface area (Å²) in [5.41, 5.74) is 2.20. The van der Waals surface area contributed by atoms with E-state index in [0.717, 1.165) is 37.3 Å². The molecule has 0 spiro atoms. The lowest BCUT2D eigenvalue weighted by Crippen LogP contribution is -2.46. The second-order valence-electron chi connectivity index (χ2n) is 11.6. The molecule has 12 heteroatoms. The number of ether oxygens (including phenoxy) is 1. The summed E-state index contributed by atoms with van der Waals surface area (Å²) in [6.45, 7) is 8.71. The minimum atomic E-state index is -3.75. The van der Waals surface area contributed by atoms with Crippen molar-refractivity contribution in [1.29, 1.82) is 0 Å². The molecule has 2 aliphatic rings. The van der Waals surface area contributed by atoms with Crippen LogP contribution in [0.15, 0.2) is 53.6 Å². The molecule has 0 radical (unpaired) electrons. The summed E-state index contributed by atoms with van der Waals surface area (Å²) in [4.78, 5) is 14.2. The van der Waals surface area contributed by atoms with Crippen LogP contribution in [0.5, 0.6) is 5.75 Å². The number of aromatic nitrogens is 2. The highest BCUT2D eigenvalue weighted by molar-refractivity contribution is 7.89. The van der Waals surface area contributed by atoms with Gasteiger partial charge in [-0.1, -0.05) is 44.0 Å². The van der Waals surface area contributed by atoms with Crippen molar-refractivity contribution >= 4 is 50.5 Å². The van der Waals surface area contributed by atoms with Crippen molar-refractivity contribution < 1.29 is 13.2 Å². The number of nitrogens with one attached hydrogen (secondary N) is 3. The Hall–Kier alpha value is -3.12. The van der Waals surface area contributed by atoms with E-state index in [0.29, 0.717) is 30.0 Å². The summed E-state index contributed by atoms with van der Waals surface area (Å²) < 4.78 is 34.3. The molecule has 0 atom stereocenters. The van der Waals surface area contributed by atoms with Crippen molar-refractivity contribution in [1.82, 2.24) is 19.6 Å². The molecule has 0 unspecified atom stereocenters. The van der Waals surface area contributed by atoms with Gasteiger partial charge in [-0.05, 0) is 75.0 Å². The molecule has 0 amide bonds. The van der Waals surface area contributed by atoms with Crippen molar-refractivity contribution in [3.63, 3.8) is 0 Å². The topological polar surface area (TPSA) is 112 Å². The highest BCUT2D eigenvalue weighted by Crippen LogP contribution is 2.34. The van der Waals surface area contributed by atoms with Crippen molar-refractivity contribution in [3.8, 4) is 5.75 Å². The van der Waals surface area contributed by atoms with E-state index in [-0.39, 0.29) is 21.7 Å². The van der Waals surface area contributed by atoms with Gasteiger partial charge < -0.3 is 25.2 Å². The summed E-state index contributed by atoms with van der Waals surface area (Å²) in [6.07, 6.45) is 7.80. The lowest BCUT2D eigenvalue weighted by atomic mass is 9.99. The van der Waals surface area contributed by atoms with Crippen molar-refractivity contribution in [2.75, 3.05) is 55.4 Å². The summed E-state index contributed by atoms with van der Waals surface area (Å²) in [5.74, 6) is 1.40. The van der Waals surface area contributed by atoms with Gasteiger partial charge in [-0.2, -0.15) is 4.98 Å². The normalized spacial score (nSPS) is 16.8. The molecule has 2 fully saturated rings. The number of rotatable bonds is 11. The number of hydrogen-bond donors (Lipinski definition) is 3. The summed E-state index contributed by atoms with van der Waals surface area (Å²) in [7, 11) is -2.12.